The molecule has 0 saturated heterocycles. The third kappa shape index (κ3) is 5.31. The first-order valence-corrected chi connectivity index (χ1v) is 5.74. The van der Waals surface area contributed by atoms with Crippen molar-refractivity contribution in [1.29, 1.82) is 0 Å². The summed E-state index contributed by atoms with van der Waals surface area (Å²) in [5.41, 5.74) is 0.187. The highest BCUT2D eigenvalue weighted by Crippen LogP contribution is 2.11. The van der Waals surface area contributed by atoms with E-state index in [4.69, 9.17) is 0 Å². The second-order valence-electron chi connectivity index (χ2n) is 3.61. The SMILES string of the molecule is CCCNCCNC(=O)Nc1ccccc1F. The van der Waals surface area contributed by atoms with Crippen LogP contribution in [-0.4, -0.2) is 25.7 Å². The topological polar surface area (TPSA) is 53.2 Å². The Hall–Kier alpha value is -1.62. The van der Waals surface area contributed by atoms with Crippen LogP contribution in [0.1, 0.15) is 13.3 Å². The predicted molar refractivity (Wildman–Crippen MR) is 66.6 cm³/mol. The fraction of sp³-hybridized carbons (Fsp3) is 0.417. The highest BCUT2D eigenvalue weighted by molar-refractivity contribution is 5.89. The first kappa shape index (κ1) is 13.4. The van der Waals surface area contributed by atoms with Gasteiger partial charge in [0.2, 0.25) is 0 Å². The molecule has 5 heteroatoms. The highest BCUT2D eigenvalue weighted by atomic mass is 19.1. The van der Waals surface area contributed by atoms with E-state index in [-0.39, 0.29) is 5.69 Å². The van der Waals surface area contributed by atoms with Crippen LogP contribution < -0.4 is 16.0 Å². The summed E-state index contributed by atoms with van der Waals surface area (Å²) in [5, 5.41) is 8.24. The lowest BCUT2D eigenvalue weighted by molar-refractivity contribution is 0.252. The Kier molecular flexibility index (Phi) is 6.03. The van der Waals surface area contributed by atoms with E-state index in [1.165, 1.54) is 12.1 Å². The lowest BCUT2D eigenvalue weighted by Crippen LogP contribution is -2.35. The van der Waals surface area contributed by atoms with Crippen molar-refractivity contribution in [2.75, 3.05) is 25.0 Å². The van der Waals surface area contributed by atoms with Gasteiger partial charge < -0.3 is 16.0 Å². The van der Waals surface area contributed by atoms with Gasteiger partial charge in [-0.15, -0.1) is 0 Å². The molecule has 4 nitrogen and oxygen atoms in total. The number of halogens is 1. The number of benzene rings is 1. The second kappa shape index (κ2) is 7.62. The van der Waals surface area contributed by atoms with Gasteiger partial charge in [0.25, 0.3) is 0 Å². The Bertz CT molecular complexity index is 357. The molecule has 0 aromatic heterocycles. The molecule has 0 unspecified atom stereocenters. The van der Waals surface area contributed by atoms with Gasteiger partial charge in [-0.3, -0.25) is 0 Å². The van der Waals surface area contributed by atoms with Crippen molar-refractivity contribution in [1.82, 2.24) is 10.6 Å². The van der Waals surface area contributed by atoms with E-state index in [0.29, 0.717) is 13.1 Å². The van der Waals surface area contributed by atoms with Gasteiger partial charge in [0, 0.05) is 13.1 Å². The zero-order valence-corrected chi connectivity index (χ0v) is 9.92. The molecule has 0 atom stereocenters. The number of rotatable bonds is 6. The van der Waals surface area contributed by atoms with Crippen LogP contribution in [-0.2, 0) is 0 Å². The van der Waals surface area contributed by atoms with Crippen molar-refractivity contribution in [3.05, 3.63) is 30.1 Å². The predicted octanol–water partition coefficient (Wildman–Crippen LogP) is 1.95. The molecular formula is C12H18FN3O. The van der Waals surface area contributed by atoms with Crippen molar-refractivity contribution in [2.45, 2.75) is 13.3 Å². The number of hydrogen-bond acceptors (Lipinski definition) is 2. The summed E-state index contributed by atoms with van der Waals surface area (Å²) >= 11 is 0. The Morgan fingerprint density at radius 1 is 1.24 bits per heavy atom. The van der Waals surface area contributed by atoms with Gasteiger partial charge in [0.1, 0.15) is 5.82 Å². The van der Waals surface area contributed by atoms with Gasteiger partial charge >= 0.3 is 6.03 Å². The third-order valence-electron chi connectivity index (χ3n) is 2.14. The van der Waals surface area contributed by atoms with Gasteiger partial charge in [-0.05, 0) is 25.1 Å². The maximum Gasteiger partial charge on any atom is 0.319 e. The molecule has 1 rings (SSSR count). The van der Waals surface area contributed by atoms with Gasteiger partial charge in [-0.1, -0.05) is 19.1 Å². The highest BCUT2D eigenvalue weighted by Gasteiger charge is 2.04. The van der Waals surface area contributed by atoms with Gasteiger partial charge in [-0.25, -0.2) is 9.18 Å². The van der Waals surface area contributed by atoms with E-state index in [2.05, 4.69) is 22.9 Å². The van der Waals surface area contributed by atoms with Crippen LogP contribution >= 0.6 is 0 Å². The van der Waals surface area contributed by atoms with E-state index in [0.717, 1.165) is 13.0 Å². The lowest BCUT2D eigenvalue weighted by atomic mass is 10.3. The smallest absolute Gasteiger partial charge is 0.319 e. The number of carbonyl (C=O) groups is 1. The second-order valence-corrected chi connectivity index (χ2v) is 3.61. The van der Waals surface area contributed by atoms with E-state index in [9.17, 15) is 9.18 Å². The van der Waals surface area contributed by atoms with Crippen LogP contribution in [0.3, 0.4) is 0 Å². The number of nitrogens with one attached hydrogen (secondary N) is 3. The molecular weight excluding hydrogens is 221 g/mol. The van der Waals surface area contributed by atoms with Crippen molar-refractivity contribution >= 4 is 11.7 Å². The monoisotopic (exact) mass is 239 g/mol. The standard InChI is InChI=1S/C12H18FN3O/c1-2-7-14-8-9-15-12(17)16-11-6-4-3-5-10(11)13/h3-6,14H,2,7-9H2,1H3,(H2,15,16,17). The van der Waals surface area contributed by atoms with Crippen molar-refractivity contribution in [3.8, 4) is 0 Å². The van der Waals surface area contributed by atoms with Crippen LogP contribution in [0, 0.1) is 5.82 Å². The maximum atomic E-state index is 13.2. The summed E-state index contributed by atoms with van der Waals surface area (Å²) in [4.78, 5) is 11.4. The fourth-order valence-corrected chi connectivity index (χ4v) is 1.30. The normalized spacial score (nSPS) is 10.0. The molecule has 0 heterocycles. The number of anilines is 1. The van der Waals surface area contributed by atoms with Crippen LogP contribution in [0.2, 0.25) is 0 Å². The Morgan fingerprint density at radius 3 is 2.71 bits per heavy atom. The number of urea groups is 1. The number of carbonyl (C=O) groups excluding carboxylic acids is 1. The molecule has 0 aliphatic rings. The molecule has 0 fully saturated rings. The first-order chi connectivity index (χ1) is 8.24. The largest absolute Gasteiger partial charge is 0.337 e. The van der Waals surface area contributed by atoms with Gasteiger partial charge in [0.05, 0.1) is 5.69 Å². The summed E-state index contributed by atoms with van der Waals surface area (Å²) in [6.45, 7) is 4.22. The van der Waals surface area contributed by atoms with Crippen molar-refractivity contribution in [3.63, 3.8) is 0 Å². The Balaban J connectivity index is 2.23. The summed E-state index contributed by atoms with van der Waals surface area (Å²) in [5.74, 6) is -0.438. The molecule has 0 aliphatic carbocycles. The van der Waals surface area contributed by atoms with Crippen LogP contribution in [0.5, 0.6) is 0 Å². The van der Waals surface area contributed by atoms with Crippen molar-refractivity contribution in [2.24, 2.45) is 0 Å². The molecule has 1 aromatic rings. The molecule has 1 aromatic carbocycles. The Morgan fingerprint density at radius 2 is 2.00 bits per heavy atom. The molecule has 94 valence electrons. The average Bonchev–Trinajstić information content (AvgIpc) is 2.32. The number of para-hydroxylation sites is 1. The van der Waals surface area contributed by atoms with E-state index in [1.54, 1.807) is 12.1 Å². The summed E-state index contributed by atoms with van der Waals surface area (Å²) in [6, 6.07) is 5.67. The van der Waals surface area contributed by atoms with Crippen LogP contribution in [0.15, 0.2) is 24.3 Å². The molecule has 2 amide bonds. The quantitative estimate of drug-likeness (QED) is 0.664. The molecule has 17 heavy (non-hydrogen) atoms. The molecule has 0 spiro atoms. The molecule has 0 saturated carbocycles. The lowest BCUT2D eigenvalue weighted by Gasteiger charge is -2.08. The first-order valence-electron chi connectivity index (χ1n) is 5.74. The van der Waals surface area contributed by atoms with Gasteiger partial charge in [0.15, 0.2) is 0 Å². The zero-order valence-electron chi connectivity index (χ0n) is 9.92. The van der Waals surface area contributed by atoms with E-state index < -0.39 is 11.8 Å². The van der Waals surface area contributed by atoms with Crippen LogP contribution in [0.25, 0.3) is 0 Å². The van der Waals surface area contributed by atoms with E-state index >= 15 is 0 Å². The molecule has 0 bridgehead atoms. The Labute approximate surface area is 101 Å². The minimum atomic E-state index is -0.438. The van der Waals surface area contributed by atoms with Crippen molar-refractivity contribution < 1.29 is 9.18 Å². The number of amides is 2. The molecule has 0 aliphatic heterocycles. The average molecular weight is 239 g/mol. The fourth-order valence-electron chi connectivity index (χ4n) is 1.30. The summed E-state index contributed by atoms with van der Waals surface area (Å²) in [6.07, 6.45) is 1.06. The van der Waals surface area contributed by atoms with Crippen LogP contribution in [0.4, 0.5) is 14.9 Å². The summed E-state index contributed by atoms with van der Waals surface area (Å²) in [7, 11) is 0. The minimum absolute atomic E-state index is 0.187. The minimum Gasteiger partial charge on any atom is -0.337 e. The third-order valence-corrected chi connectivity index (χ3v) is 2.14. The molecule has 0 radical (unpaired) electrons. The zero-order chi connectivity index (χ0) is 12.5. The van der Waals surface area contributed by atoms with Gasteiger partial charge in [-0.2, -0.15) is 0 Å². The van der Waals surface area contributed by atoms with E-state index in [1.807, 2.05) is 0 Å². The number of hydrogen-bond donors (Lipinski definition) is 3. The summed E-state index contributed by atoms with van der Waals surface area (Å²) < 4.78 is 13.2. The maximum absolute atomic E-state index is 13.2. The molecule has 3 N–H and O–H groups in total.